The molecule has 0 saturated heterocycles. The Morgan fingerprint density at radius 2 is 2.05 bits per heavy atom. The van der Waals surface area contributed by atoms with Gasteiger partial charge in [0, 0.05) is 14.2 Å². The van der Waals surface area contributed by atoms with Crippen LogP contribution in [-0.4, -0.2) is 4.57 Å². The van der Waals surface area contributed by atoms with Crippen molar-refractivity contribution in [1.29, 1.82) is 0 Å². The number of oxazole rings is 1. The van der Waals surface area contributed by atoms with Crippen molar-refractivity contribution < 1.29 is 8.81 Å². The van der Waals surface area contributed by atoms with E-state index in [1.807, 2.05) is 6.07 Å². The second kappa shape index (κ2) is 5.21. The van der Waals surface area contributed by atoms with Crippen LogP contribution in [-0.2, 0) is 6.54 Å². The first-order valence-electron chi connectivity index (χ1n) is 5.77. The Morgan fingerprint density at radius 1 is 1.25 bits per heavy atom. The van der Waals surface area contributed by atoms with Gasteiger partial charge in [-0.25, -0.2) is 9.18 Å². The highest BCUT2D eigenvalue weighted by atomic mass is 127. The average molecular weight is 404 g/mol. The first-order chi connectivity index (χ1) is 9.54. The van der Waals surface area contributed by atoms with Gasteiger partial charge in [0.1, 0.15) is 5.82 Å². The maximum absolute atomic E-state index is 13.8. The first kappa shape index (κ1) is 13.6. The molecule has 0 aliphatic heterocycles. The Bertz CT molecular complexity index is 856. The monoisotopic (exact) mass is 403 g/mol. The van der Waals surface area contributed by atoms with E-state index in [-0.39, 0.29) is 6.54 Å². The number of benzene rings is 2. The van der Waals surface area contributed by atoms with E-state index >= 15 is 0 Å². The maximum atomic E-state index is 13.8. The minimum absolute atomic E-state index is 0.107. The molecule has 0 fully saturated rings. The molecule has 3 aromatic rings. The van der Waals surface area contributed by atoms with Crippen LogP contribution in [0, 0.1) is 9.39 Å². The first-order valence-corrected chi connectivity index (χ1v) is 7.23. The van der Waals surface area contributed by atoms with E-state index in [2.05, 4.69) is 22.6 Å². The van der Waals surface area contributed by atoms with Crippen LogP contribution in [0.2, 0.25) is 5.02 Å². The Hall–Kier alpha value is -1.34. The number of hydrogen-bond donors (Lipinski definition) is 0. The van der Waals surface area contributed by atoms with Crippen molar-refractivity contribution in [3.8, 4) is 0 Å². The Kier molecular flexibility index (Phi) is 3.55. The van der Waals surface area contributed by atoms with Crippen LogP contribution in [0.5, 0.6) is 0 Å². The summed E-state index contributed by atoms with van der Waals surface area (Å²) in [7, 11) is 0. The van der Waals surface area contributed by atoms with Crippen LogP contribution >= 0.6 is 34.2 Å². The molecule has 0 aliphatic carbocycles. The fraction of sp³-hybridized carbons (Fsp3) is 0.0714. The molecule has 1 heterocycles. The molecule has 6 heteroatoms. The Balaban J connectivity index is 2.11. The highest BCUT2D eigenvalue weighted by Gasteiger charge is 2.12. The summed E-state index contributed by atoms with van der Waals surface area (Å²) in [4.78, 5) is 11.9. The zero-order valence-corrected chi connectivity index (χ0v) is 13.0. The lowest BCUT2D eigenvalue weighted by Crippen LogP contribution is -2.15. The highest BCUT2D eigenvalue weighted by molar-refractivity contribution is 14.1. The van der Waals surface area contributed by atoms with Crippen LogP contribution in [0.25, 0.3) is 11.1 Å². The van der Waals surface area contributed by atoms with Gasteiger partial charge >= 0.3 is 5.76 Å². The van der Waals surface area contributed by atoms with Crippen LogP contribution in [0.1, 0.15) is 5.56 Å². The summed E-state index contributed by atoms with van der Waals surface area (Å²) in [6.45, 7) is 0.107. The average Bonchev–Trinajstić information content (AvgIpc) is 2.68. The van der Waals surface area contributed by atoms with E-state index in [0.717, 1.165) is 3.57 Å². The third-order valence-electron chi connectivity index (χ3n) is 2.97. The molecule has 0 bridgehead atoms. The molecule has 3 nitrogen and oxygen atoms in total. The minimum Gasteiger partial charge on any atom is -0.408 e. The van der Waals surface area contributed by atoms with Gasteiger partial charge in [-0.1, -0.05) is 17.7 Å². The standard InChI is InChI=1S/C14H8ClFINO2/c15-9-2-1-8(11(16)5-9)7-18-12-4-3-10(17)6-13(12)20-14(18)19/h1-6H,7H2. The van der Waals surface area contributed by atoms with E-state index in [1.54, 1.807) is 24.3 Å². The molecule has 102 valence electrons. The Morgan fingerprint density at radius 3 is 2.80 bits per heavy atom. The molecule has 0 aliphatic rings. The summed E-state index contributed by atoms with van der Waals surface area (Å²) >= 11 is 7.85. The molecule has 2 aromatic carbocycles. The molecule has 20 heavy (non-hydrogen) atoms. The van der Waals surface area contributed by atoms with Crippen LogP contribution in [0.15, 0.2) is 45.6 Å². The summed E-state index contributed by atoms with van der Waals surface area (Å²) in [6.07, 6.45) is 0. The molecule has 0 spiro atoms. The van der Waals surface area contributed by atoms with Gasteiger partial charge in [-0.15, -0.1) is 0 Å². The quantitative estimate of drug-likeness (QED) is 0.606. The van der Waals surface area contributed by atoms with Gasteiger partial charge in [0.05, 0.1) is 12.1 Å². The minimum atomic E-state index is -0.503. The van der Waals surface area contributed by atoms with Gasteiger partial charge in [-0.05, 0) is 52.9 Å². The number of fused-ring (bicyclic) bond motifs is 1. The number of aromatic nitrogens is 1. The lowest BCUT2D eigenvalue weighted by Gasteiger charge is -2.04. The predicted molar refractivity (Wildman–Crippen MR) is 83.7 cm³/mol. The van der Waals surface area contributed by atoms with Gasteiger partial charge in [0.2, 0.25) is 0 Å². The van der Waals surface area contributed by atoms with Crippen molar-refractivity contribution in [2.45, 2.75) is 6.54 Å². The second-order valence-electron chi connectivity index (χ2n) is 4.30. The molecule has 0 unspecified atom stereocenters. The van der Waals surface area contributed by atoms with Crippen molar-refractivity contribution in [1.82, 2.24) is 4.57 Å². The lowest BCUT2D eigenvalue weighted by molar-refractivity contribution is 0.512. The van der Waals surface area contributed by atoms with Crippen molar-refractivity contribution in [3.63, 3.8) is 0 Å². The largest absolute Gasteiger partial charge is 0.420 e. The summed E-state index contributed by atoms with van der Waals surface area (Å²) in [5.41, 5.74) is 1.53. The van der Waals surface area contributed by atoms with Gasteiger partial charge < -0.3 is 4.42 Å². The van der Waals surface area contributed by atoms with E-state index in [4.69, 9.17) is 16.0 Å². The number of nitrogens with zero attached hydrogens (tertiary/aromatic N) is 1. The Labute approximate surface area is 132 Å². The molecule has 0 radical (unpaired) electrons. The van der Waals surface area contributed by atoms with Crippen molar-refractivity contribution >= 4 is 45.3 Å². The third kappa shape index (κ3) is 2.47. The molecule has 1 aromatic heterocycles. The number of hydrogen-bond acceptors (Lipinski definition) is 2. The number of halogens is 3. The third-order valence-corrected chi connectivity index (χ3v) is 3.88. The van der Waals surface area contributed by atoms with E-state index in [9.17, 15) is 9.18 Å². The zero-order chi connectivity index (χ0) is 14.3. The zero-order valence-electron chi connectivity index (χ0n) is 10.1. The smallest absolute Gasteiger partial charge is 0.408 e. The van der Waals surface area contributed by atoms with Crippen LogP contribution in [0.4, 0.5) is 4.39 Å². The predicted octanol–water partition coefficient (Wildman–Crippen LogP) is 4.04. The topological polar surface area (TPSA) is 35.1 Å². The van der Waals surface area contributed by atoms with Gasteiger partial charge in [0.25, 0.3) is 0 Å². The highest BCUT2D eigenvalue weighted by Crippen LogP contribution is 2.19. The summed E-state index contributed by atoms with van der Waals surface area (Å²) in [5, 5.41) is 0.324. The molecule has 0 N–H and O–H groups in total. The van der Waals surface area contributed by atoms with Gasteiger partial charge in [-0.3, -0.25) is 4.57 Å². The fourth-order valence-electron chi connectivity index (χ4n) is 2.01. The van der Waals surface area contributed by atoms with Crippen LogP contribution < -0.4 is 5.76 Å². The molecule has 0 saturated carbocycles. The SMILES string of the molecule is O=c1oc2cc(I)ccc2n1Cc1ccc(Cl)cc1F. The number of rotatable bonds is 2. The van der Waals surface area contributed by atoms with Crippen molar-refractivity contribution in [2.24, 2.45) is 0 Å². The van der Waals surface area contributed by atoms with Gasteiger partial charge in [0.15, 0.2) is 5.58 Å². The lowest BCUT2D eigenvalue weighted by atomic mass is 10.2. The molecule has 0 amide bonds. The maximum Gasteiger partial charge on any atom is 0.420 e. The molecule has 0 atom stereocenters. The van der Waals surface area contributed by atoms with E-state index < -0.39 is 11.6 Å². The van der Waals surface area contributed by atoms with Crippen molar-refractivity contribution in [3.05, 3.63) is 66.9 Å². The van der Waals surface area contributed by atoms with E-state index in [0.29, 0.717) is 21.7 Å². The summed E-state index contributed by atoms with van der Waals surface area (Å²) in [5.74, 6) is -0.944. The van der Waals surface area contributed by atoms with E-state index in [1.165, 1.54) is 10.6 Å². The molecular weight excluding hydrogens is 396 g/mol. The van der Waals surface area contributed by atoms with Crippen LogP contribution in [0.3, 0.4) is 0 Å². The molecular formula is C14H8ClFINO2. The summed E-state index contributed by atoms with van der Waals surface area (Å²) < 4.78 is 21.3. The van der Waals surface area contributed by atoms with Crippen molar-refractivity contribution in [2.75, 3.05) is 0 Å². The molecule has 3 rings (SSSR count). The summed E-state index contributed by atoms with van der Waals surface area (Å²) in [6, 6.07) is 9.81. The fourth-order valence-corrected chi connectivity index (χ4v) is 2.63. The van der Waals surface area contributed by atoms with Gasteiger partial charge in [-0.2, -0.15) is 0 Å². The normalized spacial score (nSPS) is 11.2. The second-order valence-corrected chi connectivity index (χ2v) is 5.98.